The van der Waals surface area contributed by atoms with Crippen LogP contribution in [-0.2, 0) is 6.61 Å². The molecule has 0 atom stereocenters. The van der Waals surface area contributed by atoms with E-state index in [2.05, 4.69) is 9.78 Å². The fourth-order valence-electron chi connectivity index (χ4n) is 2.83. The van der Waals surface area contributed by atoms with Gasteiger partial charge in [-0.15, -0.1) is 0 Å². The lowest BCUT2D eigenvalue weighted by Gasteiger charge is -2.21. The molecule has 1 aliphatic rings. The summed E-state index contributed by atoms with van der Waals surface area (Å²) in [4.78, 5) is 0. The first-order valence-electron chi connectivity index (χ1n) is 7.65. The molecular formula is C17H22N2O2. The van der Waals surface area contributed by atoms with Gasteiger partial charge < -0.3 is 9.47 Å². The van der Waals surface area contributed by atoms with Gasteiger partial charge in [0.2, 0.25) is 0 Å². The highest BCUT2D eigenvalue weighted by molar-refractivity contribution is 5.27. The van der Waals surface area contributed by atoms with Gasteiger partial charge in [0.25, 0.3) is 0 Å². The van der Waals surface area contributed by atoms with Crippen LogP contribution in [0.15, 0.2) is 36.7 Å². The fourth-order valence-corrected chi connectivity index (χ4v) is 2.83. The molecule has 0 saturated heterocycles. The van der Waals surface area contributed by atoms with E-state index in [0.29, 0.717) is 12.6 Å². The van der Waals surface area contributed by atoms with Crippen molar-refractivity contribution in [2.24, 2.45) is 0 Å². The van der Waals surface area contributed by atoms with Crippen LogP contribution in [-0.4, -0.2) is 16.9 Å². The molecule has 4 nitrogen and oxygen atoms in total. The molecule has 1 aromatic carbocycles. The summed E-state index contributed by atoms with van der Waals surface area (Å²) in [6.45, 7) is 0.556. The summed E-state index contributed by atoms with van der Waals surface area (Å²) in [6.07, 6.45) is 10.3. The first-order chi connectivity index (χ1) is 10.3. The van der Waals surface area contributed by atoms with Crippen LogP contribution in [0.3, 0.4) is 0 Å². The fraction of sp³-hybridized carbons (Fsp3) is 0.471. The van der Waals surface area contributed by atoms with Crippen LogP contribution in [0.1, 0.15) is 43.7 Å². The minimum Gasteiger partial charge on any atom is -0.497 e. The second-order valence-corrected chi connectivity index (χ2v) is 5.58. The van der Waals surface area contributed by atoms with Crippen molar-refractivity contribution in [3.63, 3.8) is 0 Å². The van der Waals surface area contributed by atoms with Gasteiger partial charge in [0.1, 0.15) is 12.4 Å². The summed E-state index contributed by atoms with van der Waals surface area (Å²) in [5, 5.41) is 4.45. The van der Waals surface area contributed by atoms with Crippen molar-refractivity contribution in [2.75, 3.05) is 7.11 Å². The van der Waals surface area contributed by atoms with E-state index in [0.717, 1.165) is 17.1 Å². The van der Waals surface area contributed by atoms with Gasteiger partial charge in [-0.25, -0.2) is 0 Å². The van der Waals surface area contributed by atoms with E-state index in [9.17, 15) is 0 Å². The van der Waals surface area contributed by atoms with Crippen LogP contribution in [0.4, 0.5) is 0 Å². The second kappa shape index (κ2) is 6.66. The maximum atomic E-state index is 5.81. The summed E-state index contributed by atoms with van der Waals surface area (Å²) >= 11 is 0. The molecule has 21 heavy (non-hydrogen) atoms. The normalized spacial score (nSPS) is 15.9. The molecule has 0 unspecified atom stereocenters. The number of benzene rings is 1. The van der Waals surface area contributed by atoms with Gasteiger partial charge in [0.05, 0.1) is 25.5 Å². The molecular weight excluding hydrogens is 264 g/mol. The van der Waals surface area contributed by atoms with E-state index >= 15 is 0 Å². The lowest BCUT2D eigenvalue weighted by Crippen LogP contribution is -2.12. The quantitative estimate of drug-likeness (QED) is 0.834. The number of hydrogen-bond acceptors (Lipinski definition) is 3. The molecule has 112 valence electrons. The SMILES string of the molecule is COc1ccc(COc2cnn(C3CCCCC3)c2)cc1. The van der Waals surface area contributed by atoms with E-state index in [1.54, 1.807) is 7.11 Å². The Morgan fingerprint density at radius 2 is 1.86 bits per heavy atom. The molecule has 4 heteroatoms. The van der Waals surface area contributed by atoms with E-state index < -0.39 is 0 Å². The van der Waals surface area contributed by atoms with Crippen molar-refractivity contribution in [3.05, 3.63) is 42.2 Å². The third-order valence-corrected chi connectivity index (χ3v) is 4.09. The van der Waals surface area contributed by atoms with Crippen LogP contribution in [0.25, 0.3) is 0 Å². The first kappa shape index (κ1) is 14.0. The number of nitrogens with zero attached hydrogens (tertiary/aromatic N) is 2. The lowest BCUT2D eigenvalue weighted by molar-refractivity contribution is 0.301. The molecule has 0 aliphatic heterocycles. The standard InChI is InChI=1S/C17H22N2O2/c1-20-16-9-7-14(8-10-16)13-21-17-11-18-19(12-17)15-5-3-2-4-6-15/h7-12,15H,2-6,13H2,1H3. The predicted octanol–water partition coefficient (Wildman–Crippen LogP) is 3.98. The Labute approximate surface area is 125 Å². The molecule has 1 aromatic heterocycles. The maximum Gasteiger partial charge on any atom is 0.157 e. The highest BCUT2D eigenvalue weighted by Gasteiger charge is 2.16. The Hall–Kier alpha value is -1.97. The Morgan fingerprint density at radius 3 is 2.57 bits per heavy atom. The summed E-state index contributed by atoms with van der Waals surface area (Å²) in [7, 11) is 1.67. The van der Waals surface area contributed by atoms with Crippen molar-refractivity contribution < 1.29 is 9.47 Å². The lowest BCUT2D eigenvalue weighted by atomic mass is 9.96. The minimum atomic E-state index is 0.553. The minimum absolute atomic E-state index is 0.553. The third-order valence-electron chi connectivity index (χ3n) is 4.09. The zero-order valence-electron chi connectivity index (χ0n) is 12.5. The van der Waals surface area contributed by atoms with Crippen molar-refractivity contribution in [2.45, 2.75) is 44.8 Å². The van der Waals surface area contributed by atoms with Gasteiger partial charge in [-0.1, -0.05) is 31.4 Å². The molecule has 0 N–H and O–H groups in total. The molecule has 0 spiro atoms. The Morgan fingerprint density at radius 1 is 1.10 bits per heavy atom. The average molecular weight is 286 g/mol. The topological polar surface area (TPSA) is 36.3 Å². The zero-order valence-corrected chi connectivity index (χ0v) is 12.5. The van der Waals surface area contributed by atoms with E-state index in [4.69, 9.17) is 9.47 Å². The number of rotatable bonds is 5. The van der Waals surface area contributed by atoms with Crippen molar-refractivity contribution >= 4 is 0 Å². The second-order valence-electron chi connectivity index (χ2n) is 5.58. The molecule has 2 aromatic rings. The summed E-state index contributed by atoms with van der Waals surface area (Å²) in [5.41, 5.74) is 1.13. The van der Waals surface area contributed by atoms with Gasteiger partial charge >= 0.3 is 0 Å². The molecule has 1 saturated carbocycles. The smallest absolute Gasteiger partial charge is 0.157 e. The van der Waals surface area contributed by atoms with Gasteiger partial charge in [-0.05, 0) is 30.5 Å². The number of hydrogen-bond donors (Lipinski definition) is 0. The van der Waals surface area contributed by atoms with Gasteiger partial charge in [-0.3, -0.25) is 4.68 Å². The van der Waals surface area contributed by atoms with Gasteiger partial charge in [-0.2, -0.15) is 5.10 Å². The average Bonchev–Trinajstić information content (AvgIpc) is 3.03. The number of ether oxygens (including phenoxy) is 2. The van der Waals surface area contributed by atoms with Gasteiger partial charge in [0.15, 0.2) is 5.75 Å². The van der Waals surface area contributed by atoms with Crippen molar-refractivity contribution in [1.29, 1.82) is 0 Å². The zero-order chi connectivity index (χ0) is 14.5. The summed E-state index contributed by atoms with van der Waals surface area (Å²) in [6, 6.07) is 8.49. The van der Waals surface area contributed by atoms with Crippen LogP contribution < -0.4 is 9.47 Å². The van der Waals surface area contributed by atoms with Crippen molar-refractivity contribution in [3.8, 4) is 11.5 Å². The van der Waals surface area contributed by atoms with E-state index in [1.807, 2.05) is 36.7 Å². The van der Waals surface area contributed by atoms with Gasteiger partial charge in [0, 0.05) is 0 Å². The number of aromatic nitrogens is 2. The van der Waals surface area contributed by atoms with Crippen molar-refractivity contribution in [1.82, 2.24) is 9.78 Å². The largest absolute Gasteiger partial charge is 0.497 e. The molecule has 1 heterocycles. The third kappa shape index (κ3) is 3.57. The maximum absolute atomic E-state index is 5.81. The Balaban J connectivity index is 1.56. The van der Waals surface area contributed by atoms with Crippen LogP contribution in [0.2, 0.25) is 0 Å². The molecule has 1 aliphatic carbocycles. The van der Waals surface area contributed by atoms with Crippen LogP contribution in [0, 0.1) is 0 Å². The first-order valence-corrected chi connectivity index (χ1v) is 7.65. The predicted molar refractivity (Wildman–Crippen MR) is 81.7 cm³/mol. The monoisotopic (exact) mass is 286 g/mol. The number of methoxy groups -OCH3 is 1. The molecule has 0 bridgehead atoms. The summed E-state index contributed by atoms with van der Waals surface area (Å²) < 4.78 is 13.0. The molecule has 1 fully saturated rings. The van der Waals surface area contributed by atoms with E-state index in [1.165, 1.54) is 32.1 Å². The Bertz CT molecular complexity index is 556. The molecule has 0 radical (unpaired) electrons. The Kier molecular flexibility index (Phi) is 4.43. The van der Waals surface area contributed by atoms with Crippen LogP contribution in [0.5, 0.6) is 11.5 Å². The highest BCUT2D eigenvalue weighted by Crippen LogP contribution is 2.28. The van der Waals surface area contributed by atoms with Crippen LogP contribution >= 0.6 is 0 Å². The highest BCUT2D eigenvalue weighted by atomic mass is 16.5. The summed E-state index contributed by atoms with van der Waals surface area (Å²) in [5.74, 6) is 1.71. The van der Waals surface area contributed by atoms with E-state index in [-0.39, 0.29) is 0 Å². The molecule has 3 rings (SSSR count). The molecule has 0 amide bonds.